The molecule has 26 heavy (non-hydrogen) atoms. The number of carbonyl (C=O) groups is 1. The van der Waals surface area contributed by atoms with E-state index in [0.717, 1.165) is 4.88 Å². The predicted octanol–water partition coefficient (Wildman–Crippen LogP) is 4.28. The van der Waals surface area contributed by atoms with Crippen molar-refractivity contribution in [3.05, 3.63) is 62.3 Å². The van der Waals surface area contributed by atoms with E-state index in [1.165, 1.54) is 6.08 Å². The number of benzene rings is 1. The van der Waals surface area contributed by atoms with Gasteiger partial charge in [0.15, 0.2) is 9.84 Å². The summed E-state index contributed by atoms with van der Waals surface area (Å²) in [7, 11) is -3.08. The molecule has 1 unspecified atom stereocenters. The van der Waals surface area contributed by atoms with Gasteiger partial charge in [-0.2, -0.15) is 0 Å². The number of sulfone groups is 1. The summed E-state index contributed by atoms with van der Waals surface area (Å²) in [5.74, 6) is -0.0929. The van der Waals surface area contributed by atoms with Crippen LogP contribution in [0, 0.1) is 0 Å². The van der Waals surface area contributed by atoms with Crippen LogP contribution in [0.1, 0.15) is 16.9 Å². The number of carbonyl (C=O) groups excluding carboxylic acids is 1. The van der Waals surface area contributed by atoms with Crippen LogP contribution >= 0.6 is 34.5 Å². The standard InChI is InChI=1S/C18H17Cl2NO3S2/c19-14-5-3-13(17(20)10-14)4-6-18(22)21(11-16-2-1-8-25-16)15-7-9-26(23,24)12-15/h1-6,8,10,15H,7,9,11-12H2. The second-order valence-electron chi connectivity index (χ2n) is 6.10. The Morgan fingerprint density at radius 1 is 1.31 bits per heavy atom. The van der Waals surface area contributed by atoms with Crippen LogP contribution in [0.2, 0.25) is 10.0 Å². The van der Waals surface area contributed by atoms with Crippen LogP contribution in [0.5, 0.6) is 0 Å². The van der Waals surface area contributed by atoms with Crippen LogP contribution < -0.4 is 0 Å². The Morgan fingerprint density at radius 2 is 2.12 bits per heavy atom. The van der Waals surface area contributed by atoms with Gasteiger partial charge in [-0.05, 0) is 41.6 Å². The fourth-order valence-corrected chi connectivity index (χ4v) is 5.78. The van der Waals surface area contributed by atoms with Crippen molar-refractivity contribution in [1.82, 2.24) is 4.90 Å². The van der Waals surface area contributed by atoms with Gasteiger partial charge >= 0.3 is 0 Å². The maximum Gasteiger partial charge on any atom is 0.247 e. The van der Waals surface area contributed by atoms with E-state index in [1.807, 2.05) is 17.5 Å². The molecular formula is C18H17Cl2NO3S2. The summed E-state index contributed by atoms with van der Waals surface area (Å²) >= 11 is 13.6. The number of nitrogens with zero attached hydrogens (tertiary/aromatic N) is 1. The molecule has 2 heterocycles. The van der Waals surface area contributed by atoms with Gasteiger partial charge in [-0.15, -0.1) is 11.3 Å². The molecule has 1 aromatic heterocycles. The number of hydrogen-bond acceptors (Lipinski definition) is 4. The lowest BCUT2D eigenvalue weighted by molar-refractivity contribution is -0.128. The monoisotopic (exact) mass is 429 g/mol. The second-order valence-corrected chi connectivity index (χ2v) is 10.2. The van der Waals surface area contributed by atoms with Gasteiger partial charge in [-0.1, -0.05) is 35.3 Å². The van der Waals surface area contributed by atoms with Crippen molar-refractivity contribution in [1.29, 1.82) is 0 Å². The minimum Gasteiger partial charge on any atom is -0.330 e. The summed E-state index contributed by atoms with van der Waals surface area (Å²) < 4.78 is 23.7. The Bertz CT molecular complexity index is 924. The van der Waals surface area contributed by atoms with E-state index < -0.39 is 9.84 Å². The topological polar surface area (TPSA) is 54.5 Å². The van der Waals surface area contributed by atoms with Crippen molar-refractivity contribution in [3.63, 3.8) is 0 Å². The largest absolute Gasteiger partial charge is 0.330 e. The second kappa shape index (κ2) is 8.13. The number of thiophene rings is 1. The predicted molar refractivity (Wildman–Crippen MR) is 107 cm³/mol. The van der Waals surface area contributed by atoms with Crippen molar-refractivity contribution >= 4 is 56.4 Å². The molecule has 0 N–H and O–H groups in total. The third kappa shape index (κ3) is 4.88. The molecule has 1 aliphatic heterocycles. The first-order chi connectivity index (χ1) is 12.3. The smallest absolute Gasteiger partial charge is 0.247 e. The van der Waals surface area contributed by atoms with Crippen LogP contribution in [-0.4, -0.2) is 36.8 Å². The first-order valence-corrected chi connectivity index (χ1v) is 11.5. The summed E-state index contributed by atoms with van der Waals surface area (Å²) in [5, 5.41) is 2.91. The average molecular weight is 430 g/mol. The Labute approximate surface area is 167 Å². The molecule has 0 saturated carbocycles. The lowest BCUT2D eigenvalue weighted by atomic mass is 10.1. The van der Waals surface area contributed by atoms with Crippen molar-refractivity contribution in [2.75, 3.05) is 11.5 Å². The Morgan fingerprint density at radius 3 is 2.73 bits per heavy atom. The lowest BCUT2D eigenvalue weighted by Gasteiger charge is -2.26. The summed E-state index contributed by atoms with van der Waals surface area (Å²) in [6.07, 6.45) is 3.54. The molecular weight excluding hydrogens is 413 g/mol. The van der Waals surface area contributed by atoms with Gasteiger partial charge in [0, 0.05) is 27.0 Å². The SMILES string of the molecule is O=C(C=Cc1ccc(Cl)cc1Cl)N(Cc1cccs1)C1CCS(=O)(=O)C1. The number of amides is 1. The third-order valence-corrected chi connectivity index (χ3v) is 7.38. The molecule has 0 spiro atoms. The zero-order valence-electron chi connectivity index (χ0n) is 13.8. The molecule has 8 heteroatoms. The minimum atomic E-state index is -3.08. The number of rotatable bonds is 5. The van der Waals surface area contributed by atoms with E-state index in [2.05, 4.69) is 0 Å². The van der Waals surface area contributed by atoms with Crippen LogP contribution in [0.15, 0.2) is 41.8 Å². The molecule has 1 fully saturated rings. The lowest BCUT2D eigenvalue weighted by Crippen LogP contribution is -2.39. The van der Waals surface area contributed by atoms with E-state index in [-0.39, 0.29) is 23.5 Å². The summed E-state index contributed by atoms with van der Waals surface area (Å²) in [4.78, 5) is 15.4. The van der Waals surface area contributed by atoms with Gasteiger partial charge in [0.25, 0.3) is 0 Å². The van der Waals surface area contributed by atoms with Gasteiger partial charge < -0.3 is 4.90 Å². The molecule has 3 rings (SSSR count). The third-order valence-electron chi connectivity index (χ3n) is 4.21. The molecule has 1 aliphatic rings. The van der Waals surface area contributed by atoms with Crippen LogP contribution in [0.4, 0.5) is 0 Å². The zero-order chi connectivity index (χ0) is 18.7. The minimum absolute atomic E-state index is 0.0135. The fraction of sp³-hybridized carbons (Fsp3) is 0.278. The van der Waals surface area contributed by atoms with Crippen molar-refractivity contribution in [3.8, 4) is 0 Å². The summed E-state index contributed by atoms with van der Waals surface area (Å²) in [6, 6.07) is 8.59. The first kappa shape index (κ1) is 19.4. The quantitative estimate of drug-likeness (QED) is 0.666. The van der Waals surface area contributed by atoms with E-state index >= 15 is 0 Å². The van der Waals surface area contributed by atoms with Gasteiger partial charge in [0.2, 0.25) is 5.91 Å². The van der Waals surface area contributed by atoms with Crippen LogP contribution in [0.25, 0.3) is 6.08 Å². The molecule has 138 valence electrons. The average Bonchev–Trinajstić information content (AvgIpc) is 3.20. The molecule has 1 saturated heterocycles. The summed E-state index contributed by atoms with van der Waals surface area (Å²) in [6.45, 7) is 0.398. The zero-order valence-corrected chi connectivity index (χ0v) is 16.9. The maximum absolute atomic E-state index is 12.8. The van der Waals surface area contributed by atoms with Crippen molar-refractivity contribution < 1.29 is 13.2 Å². The number of halogens is 2. The highest BCUT2D eigenvalue weighted by atomic mass is 35.5. The van der Waals surface area contributed by atoms with E-state index in [9.17, 15) is 13.2 Å². The van der Waals surface area contributed by atoms with Gasteiger partial charge in [-0.3, -0.25) is 4.79 Å². The first-order valence-electron chi connectivity index (χ1n) is 8.00. The van der Waals surface area contributed by atoms with Crippen LogP contribution in [0.3, 0.4) is 0 Å². The van der Waals surface area contributed by atoms with E-state index in [1.54, 1.807) is 40.5 Å². The Hall–Kier alpha value is -1.34. The highest BCUT2D eigenvalue weighted by Gasteiger charge is 2.34. The molecule has 1 atom stereocenters. The van der Waals surface area contributed by atoms with Gasteiger partial charge in [0.05, 0.1) is 18.1 Å². The number of hydrogen-bond donors (Lipinski definition) is 0. The Balaban J connectivity index is 1.81. The highest BCUT2D eigenvalue weighted by Crippen LogP contribution is 2.24. The van der Waals surface area contributed by atoms with Crippen molar-refractivity contribution in [2.24, 2.45) is 0 Å². The molecule has 2 aromatic rings. The molecule has 1 aromatic carbocycles. The Kier molecular flexibility index (Phi) is 6.07. The highest BCUT2D eigenvalue weighted by molar-refractivity contribution is 7.91. The van der Waals surface area contributed by atoms with Crippen molar-refractivity contribution in [2.45, 2.75) is 19.0 Å². The fourth-order valence-electron chi connectivity index (χ4n) is 2.87. The van der Waals surface area contributed by atoms with Crippen LogP contribution in [-0.2, 0) is 21.2 Å². The molecule has 0 radical (unpaired) electrons. The van der Waals surface area contributed by atoms with Gasteiger partial charge in [0.1, 0.15) is 0 Å². The molecule has 1 amide bonds. The van der Waals surface area contributed by atoms with Gasteiger partial charge in [-0.25, -0.2) is 8.42 Å². The normalized spacial score (nSPS) is 19.1. The van der Waals surface area contributed by atoms with E-state index in [0.29, 0.717) is 28.6 Å². The molecule has 0 bridgehead atoms. The maximum atomic E-state index is 12.8. The molecule has 0 aliphatic carbocycles. The summed E-state index contributed by atoms with van der Waals surface area (Å²) in [5.41, 5.74) is 0.680. The molecule has 4 nitrogen and oxygen atoms in total. The van der Waals surface area contributed by atoms with E-state index in [4.69, 9.17) is 23.2 Å².